The Morgan fingerprint density at radius 2 is 1.69 bits per heavy atom. The normalized spacial score (nSPS) is 14.3. The second kappa shape index (κ2) is 11.0. The number of halogens is 2. The maximum atomic E-state index is 12.7. The molecule has 4 rings (SSSR count). The lowest BCUT2D eigenvalue weighted by Crippen LogP contribution is -2.36. The third-order valence-electron chi connectivity index (χ3n) is 5.05. The van der Waals surface area contributed by atoms with Crippen molar-refractivity contribution < 1.29 is 23.9 Å². The molecule has 0 radical (unpaired) electrons. The van der Waals surface area contributed by atoms with Gasteiger partial charge >= 0.3 is 5.97 Å². The summed E-state index contributed by atoms with van der Waals surface area (Å²) in [6.07, 6.45) is 1.53. The number of thioether (sulfide) groups is 1. The Kier molecular flexibility index (Phi) is 7.79. The Morgan fingerprint density at radius 1 is 1.00 bits per heavy atom. The first-order chi connectivity index (χ1) is 17.2. The molecule has 3 aromatic carbocycles. The van der Waals surface area contributed by atoms with E-state index in [0.29, 0.717) is 16.3 Å². The lowest BCUT2D eigenvalue weighted by atomic mass is 10.2. The first kappa shape index (κ1) is 25.5. The molecular weight excluding hydrogens is 523 g/mol. The number of hydrogen-bond acceptors (Lipinski definition) is 6. The quantitative estimate of drug-likeness (QED) is 0.227. The van der Waals surface area contributed by atoms with Crippen LogP contribution in [-0.2, 0) is 9.59 Å². The molecule has 1 fully saturated rings. The van der Waals surface area contributed by atoms with Crippen LogP contribution in [0.15, 0.2) is 71.6 Å². The van der Waals surface area contributed by atoms with Gasteiger partial charge in [-0.2, -0.15) is 0 Å². The van der Waals surface area contributed by atoms with Crippen molar-refractivity contribution in [3.8, 4) is 5.75 Å². The van der Waals surface area contributed by atoms with Crippen molar-refractivity contribution in [2.75, 3.05) is 11.9 Å². The number of imide groups is 1. The van der Waals surface area contributed by atoms with Crippen LogP contribution >= 0.6 is 35.0 Å². The van der Waals surface area contributed by atoms with Gasteiger partial charge in [0.1, 0.15) is 12.3 Å². The molecule has 0 spiro atoms. The van der Waals surface area contributed by atoms with Crippen LogP contribution in [0.5, 0.6) is 5.75 Å². The van der Waals surface area contributed by atoms with E-state index in [4.69, 9.17) is 27.9 Å². The van der Waals surface area contributed by atoms with Crippen LogP contribution < -0.4 is 10.1 Å². The minimum absolute atomic E-state index is 0.172. The van der Waals surface area contributed by atoms with E-state index in [-0.39, 0.29) is 21.2 Å². The summed E-state index contributed by atoms with van der Waals surface area (Å²) < 4.78 is 5.33. The highest BCUT2D eigenvalue weighted by atomic mass is 35.5. The van der Waals surface area contributed by atoms with E-state index in [0.717, 1.165) is 22.2 Å². The van der Waals surface area contributed by atoms with Gasteiger partial charge in [-0.05, 0) is 72.8 Å². The fourth-order valence-electron chi connectivity index (χ4n) is 3.22. The van der Waals surface area contributed by atoms with E-state index < -0.39 is 29.6 Å². The van der Waals surface area contributed by atoms with Gasteiger partial charge in [0, 0.05) is 10.7 Å². The molecule has 36 heavy (non-hydrogen) atoms. The molecule has 1 aliphatic rings. The number of nitrogens with one attached hydrogen (secondary N) is 1. The third kappa shape index (κ3) is 6.15. The number of carbonyl (C=O) groups excluding carboxylic acids is 4. The molecule has 1 N–H and O–H groups in total. The molecule has 1 saturated heterocycles. The summed E-state index contributed by atoms with van der Waals surface area (Å²) in [5.74, 6) is -1.41. The van der Waals surface area contributed by atoms with E-state index in [1.165, 1.54) is 24.3 Å². The molecule has 10 heteroatoms. The van der Waals surface area contributed by atoms with Gasteiger partial charge in [0.2, 0.25) is 5.91 Å². The Balaban J connectivity index is 1.38. The molecule has 0 atom stereocenters. The highest BCUT2D eigenvalue weighted by Crippen LogP contribution is 2.32. The van der Waals surface area contributed by atoms with Crippen LogP contribution in [-0.4, -0.2) is 34.5 Å². The number of amides is 3. The number of anilines is 1. The number of aryl methyl sites for hydroxylation is 1. The van der Waals surface area contributed by atoms with Gasteiger partial charge in [-0.15, -0.1) is 0 Å². The Labute approximate surface area is 221 Å². The van der Waals surface area contributed by atoms with Crippen LogP contribution in [0, 0.1) is 6.92 Å². The zero-order chi connectivity index (χ0) is 25.8. The maximum absolute atomic E-state index is 12.7. The average molecular weight is 541 g/mol. The molecular formula is C26H18Cl2N2O5S. The average Bonchev–Trinajstić information content (AvgIpc) is 3.09. The lowest BCUT2D eigenvalue weighted by molar-refractivity contribution is -0.127. The molecule has 0 bridgehead atoms. The van der Waals surface area contributed by atoms with E-state index in [2.05, 4.69) is 5.32 Å². The van der Waals surface area contributed by atoms with Gasteiger partial charge in [0.15, 0.2) is 0 Å². The first-order valence-electron chi connectivity index (χ1n) is 10.6. The molecule has 1 aliphatic heterocycles. The minimum atomic E-state index is -0.644. The summed E-state index contributed by atoms with van der Waals surface area (Å²) in [7, 11) is 0. The van der Waals surface area contributed by atoms with Gasteiger partial charge in [-0.3, -0.25) is 19.3 Å². The summed E-state index contributed by atoms with van der Waals surface area (Å²) in [6.45, 7) is 1.54. The number of esters is 1. The second-order valence-corrected chi connectivity index (χ2v) is 9.60. The second-order valence-electron chi connectivity index (χ2n) is 7.76. The molecule has 0 unspecified atom stereocenters. The SMILES string of the molecule is Cc1ccc(NC(=O)CN2C(=O)S/C(=C\c3ccc(OC(=O)c4ccc(Cl)cc4Cl)cc3)C2=O)cc1. The van der Waals surface area contributed by atoms with Gasteiger partial charge in [0.05, 0.1) is 15.5 Å². The highest BCUT2D eigenvalue weighted by molar-refractivity contribution is 8.18. The molecule has 7 nitrogen and oxygen atoms in total. The van der Waals surface area contributed by atoms with Crippen LogP contribution in [0.25, 0.3) is 6.08 Å². The number of benzene rings is 3. The Hall–Kier alpha value is -3.59. The van der Waals surface area contributed by atoms with E-state index in [1.54, 1.807) is 36.4 Å². The number of hydrogen-bond donors (Lipinski definition) is 1. The van der Waals surface area contributed by atoms with Crippen LogP contribution in [0.3, 0.4) is 0 Å². The van der Waals surface area contributed by atoms with Crippen molar-refractivity contribution in [2.45, 2.75) is 6.92 Å². The lowest BCUT2D eigenvalue weighted by Gasteiger charge is -2.12. The van der Waals surface area contributed by atoms with Crippen LogP contribution in [0.2, 0.25) is 10.0 Å². The number of rotatable bonds is 6. The monoisotopic (exact) mass is 540 g/mol. The topological polar surface area (TPSA) is 92.8 Å². The smallest absolute Gasteiger partial charge is 0.345 e. The molecule has 1 heterocycles. The fraction of sp³-hybridized carbons (Fsp3) is 0.0769. The molecule has 0 saturated carbocycles. The fourth-order valence-corrected chi connectivity index (χ4v) is 4.54. The van der Waals surface area contributed by atoms with Crippen LogP contribution in [0.4, 0.5) is 10.5 Å². The maximum Gasteiger partial charge on any atom is 0.345 e. The molecule has 182 valence electrons. The van der Waals surface area contributed by atoms with E-state index >= 15 is 0 Å². The highest BCUT2D eigenvalue weighted by Gasteiger charge is 2.36. The van der Waals surface area contributed by atoms with Gasteiger partial charge in [-0.25, -0.2) is 4.79 Å². The van der Waals surface area contributed by atoms with Crippen molar-refractivity contribution in [1.82, 2.24) is 4.90 Å². The largest absolute Gasteiger partial charge is 0.423 e. The summed E-state index contributed by atoms with van der Waals surface area (Å²) in [6, 6.07) is 18.0. The predicted molar refractivity (Wildman–Crippen MR) is 140 cm³/mol. The standard InChI is InChI=1S/C26H18Cl2N2O5S/c1-15-2-7-18(8-3-15)29-23(31)14-30-24(32)22(36-26(30)34)12-16-4-9-19(10-5-16)35-25(33)20-11-6-17(27)13-21(20)28/h2-13H,14H2,1H3,(H,29,31)/b22-12-. The van der Waals surface area contributed by atoms with Crippen molar-refractivity contribution >= 4 is 69.8 Å². The van der Waals surface area contributed by atoms with Crippen molar-refractivity contribution in [2.24, 2.45) is 0 Å². The predicted octanol–water partition coefficient (Wildman–Crippen LogP) is 6.20. The minimum Gasteiger partial charge on any atom is -0.423 e. The van der Waals surface area contributed by atoms with Crippen molar-refractivity contribution in [3.05, 3.63) is 98.4 Å². The molecule has 3 aromatic rings. The Bertz CT molecular complexity index is 1390. The summed E-state index contributed by atoms with van der Waals surface area (Å²) in [4.78, 5) is 50.8. The van der Waals surface area contributed by atoms with Crippen molar-refractivity contribution in [1.29, 1.82) is 0 Å². The molecule has 0 aromatic heterocycles. The summed E-state index contributed by atoms with van der Waals surface area (Å²) in [5, 5.41) is 2.71. The molecule has 0 aliphatic carbocycles. The zero-order valence-electron chi connectivity index (χ0n) is 18.8. The third-order valence-corrected chi connectivity index (χ3v) is 6.51. The van der Waals surface area contributed by atoms with E-state index in [9.17, 15) is 19.2 Å². The zero-order valence-corrected chi connectivity index (χ0v) is 21.1. The number of nitrogens with zero attached hydrogens (tertiary/aromatic N) is 1. The van der Waals surface area contributed by atoms with Crippen LogP contribution in [0.1, 0.15) is 21.5 Å². The summed E-state index contributed by atoms with van der Waals surface area (Å²) >= 11 is 12.6. The van der Waals surface area contributed by atoms with Gasteiger partial charge in [-0.1, -0.05) is 53.0 Å². The van der Waals surface area contributed by atoms with Gasteiger partial charge in [0.25, 0.3) is 11.1 Å². The van der Waals surface area contributed by atoms with E-state index in [1.807, 2.05) is 19.1 Å². The number of ether oxygens (including phenoxy) is 1. The Morgan fingerprint density at radius 3 is 2.36 bits per heavy atom. The first-order valence-corrected chi connectivity index (χ1v) is 12.2. The van der Waals surface area contributed by atoms with Crippen molar-refractivity contribution in [3.63, 3.8) is 0 Å². The summed E-state index contributed by atoms with van der Waals surface area (Å²) in [5.41, 5.74) is 2.40. The number of carbonyl (C=O) groups is 4. The molecule has 3 amide bonds. The van der Waals surface area contributed by atoms with Gasteiger partial charge < -0.3 is 10.1 Å².